The van der Waals surface area contributed by atoms with Crippen LogP contribution in [0.3, 0.4) is 0 Å². The molecule has 22 heavy (non-hydrogen) atoms. The predicted octanol–water partition coefficient (Wildman–Crippen LogP) is 2.69. The second-order valence-corrected chi connectivity index (χ2v) is 5.28. The number of carbonyl (C=O) groups is 1. The summed E-state index contributed by atoms with van der Waals surface area (Å²) in [7, 11) is 0. The topological polar surface area (TPSA) is 68.0 Å². The third-order valence-corrected chi connectivity index (χ3v) is 3.51. The number of aromatic nitrogens is 3. The largest absolute Gasteiger partial charge is 0.481 e. The first kappa shape index (κ1) is 14.3. The summed E-state index contributed by atoms with van der Waals surface area (Å²) in [6.07, 6.45) is 1.97. The molecule has 1 N–H and O–H groups in total. The molecule has 0 aliphatic heterocycles. The zero-order valence-electron chi connectivity index (χ0n) is 12.1. The first-order valence-electron chi connectivity index (χ1n) is 7.30. The number of aryl methyl sites for hydroxylation is 2. The highest BCUT2D eigenvalue weighted by Gasteiger charge is 2.06. The van der Waals surface area contributed by atoms with Gasteiger partial charge in [-0.25, -0.2) is 0 Å². The van der Waals surface area contributed by atoms with E-state index in [1.807, 2.05) is 24.3 Å². The summed E-state index contributed by atoms with van der Waals surface area (Å²) in [6, 6.07) is 15.7. The maximum atomic E-state index is 10.7. The van der Waals surface area contributed by atoms with Gasteiger partial charge in [0.05, 0.1) is 13.0 Å². The number of hydrogen-bond acceptors (Lipinski definition) is 3. The molecule has 0 atom stereocenters. The van der Waals surface area contributed by atoms with Crippen molar-refractivity contribution in [3.63, 3.8) is 0 Å². The third-order valence-electron chi connectivity index (χ3n) is 3.51. The molecule has 0 aliphatic carbocycles. The minimum Gasteiger partial charge on any atom is -0.481 e. The highest BCUT2D eigenvalue weighted by molar-refractivity contribution is 5.77. The smallest absolute Gasteiger partial charge is 0.307 e. The van der Waals surface area contributed by atoms with Crippen molar-refractivity contribution in [3.8, 4) is 0 Å². The Kier molecular flexibility index (Phi) is 4.14. The summed E-state index contributed by atoms with van der Waals surface area (Å²) >= 11 is 0. The number of benzene rings is 2. The monoisotopic (exact) mass is 295 g/mol. The summed E-state index contributed by atoms with van der Waals surface area (Å²) < 4.78 is 0. The SMILES string of the molecule is O=C(O)Cc1ccc2nn(CCCc3ccccc3)nc2c1. The van der Waals surface area contributed by atoms with Crippen LogP contribution in [0.2, 0.25) is 0 Å². The summed E-state index contributed by atoms with van der Waals surface area (Å²) in [4.78, 5) is 12.4. The number of rotatable bonds is 6. The van der Waals surface area contributed by atoms with Gasteiger partial charge in [0.15, 0.2) is 0 Å². The Bertz CT molecular complexity index is 781. The first-order valence-corrected chi connectivity index (χ1v) is 7.30. The second kappa shape index (κ2) is 6.39. The maximum absolute atomic E-state index is 10.7. The Morgan fingerprint density at radius 2 is 1.77 bits per heavy atom. The van der Waals surface area contributed by atoms with Crippen molar-refractivity contribution >= 4 is 17.0 Å². The van der Waals surface area contributed by atoms with Gasteiger partial charge in [-0.05, 0) is 36.1 Å². The highest BCUT2D eigenvalue weighted by Crippen LogP contribution is 2.13. The van der Waals surface area contributed by atoms with E-state index >= 15 is 0 Å². The van der Waals surface area contributed by atoms with Gasteiger partial charge in [-0.3, -0.25) is 4.79 Å². The molecule has 5 nitrogen and oxygen atoms in total. The molecule has 0 spiro atoms. The molecule has 0 saturated heterocycles. The van der Waals surface area contributed by atoms with Crippen LogP contribution in [0.4, 0.5) is 0 Å². The van der Waals surface area contributed by atoms with Crippen LogP contribution in [0, 0.1) is 0 Å². The Labute approximate surface area is 128 Å². The third kappa shape index (κ3) is 3.49. The minimum absolute atomic E-state index is 0.0107. The van der Waals surface area contributed by atoms with Crippen LogP contribution >= 0.6 is 0 Å². The molecule has 1 heterocycles. The molecule has 3 rings (SSSR count). The van der Waals surface area contributed by atoms with E-state index in [0.717, 1.165) is 36.0 Å². The van der Waals surface area contributed by atoms with E-state index in [1.54, 1.807) is 16.9 Å². The van der Waals surface area contributed by atoms with Gasteiger partial charge in [0.2, 0.25) is 0 Å². The lowest BCUT2D eigenvalue weighted by atomic mass is 10.1. The second-order valence-electron chi connectivity index (χ2n) is 5.28. The van der Waals surface area contributed by atoms with Crippen molar-refractivity contribution in [3.05, 3.63) is 59.7 Å². The summed E-state index contributed by atoms with van der Waals surface area (Å²) in [5, 5.41) is 17.7. The molecule has 0 bridgehead atoms. The zero-order chi connectivity index (χ0) is 15.4. The molecule has 0 fully saturated rings. The average molecular weight is 295 g/mol. The number of fused-ring (bicyclic) bond motifs is 1. The van der Waals surface area contributed by atoms with Crippen LogP contribution in [0.1, 0.15) is 17.5 Å². The van der Waals surface area contributed by atoms with Crippen LogP contribution in [0.5, 0.6) is 0 Å². The Morgan fingerprint density at radius 3 is 2.55 bits per heavy atom. The Balaban J connectivity index is 1.65. The van der Waals surface area contributed by atoms with Gasteiger partial charge < -0.3 is 5.11 Å². The van der Waals surface area contributed by atoms with Crippen molar-refractivity contribution in [1.29, 1.82) is 0 Å². The number of hydrogen-bond donors (Lipinski definition) is 1. The van der Waals surface area contributed by atoms with Gasteiger partial charge in [0.1, 0.15) is 11.0 Å². The van der Waals surface area contributed by atoms with Gasteiger partial charge in [-0.2, -0.15) is 15.0 Å². The van der Waals surface area contributed by atoms with E-state index in [9.17, 15) is 4.79 Å². The summed E-state index contributed by atoms with van der Waals surface area (Å²) in [5.74, 6) is -0.838. The van der Waals surface area contributed by atoms with Crippen LogP contribution in [0.15, 0.2) is 48.5 Å². The zero-order valence-corrected chi connectivity index (χ0v) is 12.1. The standard InChI is InChI=1S/C17H17N3O2/c21-17(22)12-14-8-9-15-16(11-14)19-20(18-15)10-4-7-13-5-2-1-3-6-13/h1-3,5-6,8-9,11H,4,7,10,12H2,(H,21,22). The van der Waals surface area contributed by atoms with Crippen molar-refractivity contribution in [2.45, 2.75) is 25.8 Å². The van der Waals surface area contributed by atoms with Crippen molar-refractivity contribution < 1.29 is 9.90 Å². The molecule has 0 amide bonds. The molecule has 0 unspecified atom stereocenters. The average Bonchev–Trinajstić information content (AvgIpc) is 2.89. The molecule has 0 aliphatic rings. The maximum Gasteiger partial charge on any atom is 0.307 e. The Hall–Kier alpha value is -2.69. The fraction of sp³-hybridized carbons (Fsp3) is 0.235. The molecule has 3 aromatic rings. The van der Waals surface area contributed by atoms with Gasteiger partial charge in [-0.15, -0.1) is 0 Å². The van der Waals surface area contributed by atoms with Crippen molar-refractivity contribution in [2.75, 3.05) is 0 Å². The fourth-order valence-corrected chi connectivity index (χ4v) is 2.46. The fourth-order valence-electron chi connectivity index (χ4n) is 2.46. The van der Waals surface area contributed by atoms with Gasteiger partial charge in [-0.1, -0.05) is 36.4 Å². The molecule has 0 radical (unpaired) electrons. The molecule has 5 heteroatoms. The number of nitrogens with zero attached hydrogens (tertiary/aromatic N) is 3. The van der Waals surface area contributed by atoms with E-state index in [0.29, 0.717) is 0 Å². The van der Waals surface area contributed by atoms with Crippen LogP contribution in [0.25, 0.3) is 11.0 Å². The molecular weight excluding hydrogens is 278 g/mol. The number of carboxylic acids is 1. The Morgan fingerprint density at radius 1 is 1.00 bits per heavy atom. The van der Waals surface area contributed by atoms with E-state index in [-0.39, 0.29) is 6.42 Å². The lowest BCUT2D eigenvalue weighted by molar-refractivity contribution is -0.136. The predicted molar refractivity (Wildman–Crippen MR) is 83.6 cm³/mol. The lowest BCUT2D eigenvalue weighted by Gasteiger charge is -2.00. The molecule has 1 aromatic heterocycles. The number of aliphatic carboxylic acids is 1. The van der Waals surface area contributed by atoms with E-state index in [2.05, 4.69) is 22.3 Å². The minimum atomic E-state index is -0.838. The van der Waals surface area contributed by atoms with Gasteiger partial charge >= 0.3 is 5.97 Å². The first-order chi connectivity index (χ1) is 10.7. The van der Waals surface area contributed by atoms with Crippen LogP contribution in [-0.4, -0.2) is 26.1 Å². The summed E-state index contributed by atoms with van der Waals surface area (Å²) in [5.41, 5.74) is 3.60. The molecule has 112 valence electrons. The molecule has 2 aromatic carbocycles. The molecule has 0 saturated carbocycles. The van der Waals surface area contributed by atoms with E-state index in [4.69, 9.17) is 5.11 Å². The normalized spacial score (nSPS) is 10.9. The summed E-state index contributed by atoms with van der Waals surface area (Å²) in [6.45, 7) is 0.748. The number of carboxylic acid groups (broad SMARTS) is 1. The lowest BCUT2D eigenvalue weighted by Crippen LogP contribution is -2.03. The van der Waals surface area contributed by atoms with Crippen LogP contribution in [-0.2, 0) is 24.2 Å². The molecular formula is C17H17N3O2. The van der Waals surface area contributed by atoms with Crippen molar-refractivity contribution in [1.82, 2.24) is 15.0 Å². The van der Waals surface area contributed by atoms with Gasteiger partial charge in [0.25, 0.3) is 0 Å². The highest BCUT2D eigenvalue weighted by atomic mass is 16.4. The quantitative estimate of drug-likeness (QED) is 0.759. The van der Waals surface area contributed by atoms with E-state index < -0.39 is 5.97 Å². The van der Waals surface area contributed by atoms with Gasteiger partial charge in [0, 0.05) is 0 Å². The van der Waals surface area contributed by atoms with Crippen molar-refractivity contribution in [2.24, 2.45) is 0 Å². The van der Waals surface area contributed by atoms with Crippen LogP contribution < -0.4 is 0 Å². The van der Waals surface area contributed by atoms with E-state index in [1.165, 1.54) is 5.56 Å².